The number of benzene rings is 1. The monoisotopic (exact) mass is 303 g/mol. The van der Waals surface area contributed by atoms with E-state index in [4.69, 9.17) is 14.3 Å². The second-order valence-corrected chi connectivity index (χ2v) is 5.06. The van der Waals surface area contributed by atoms with E-state index in [0.717, 1.165) is 36.9 Å². The van der Waals surface area contributed by atoms with Crippen molar-refractivity contribution in [1.82, 2.24) is 0 Å². The van der Waals surface area contributed by atoms with E-state index >= 15 is 0 Å². The van der Waals surface area contributed by atoms with Gasteiger partial charge in [0, 0.05) is 12.8 Å². The molecule has 1 N–H and O–H groups in total. The minimum absolute atomic E-state index is 0.0847. The molecule has 0 bridgehead atoms. The lowest BCUT2D eigenvalue weighted by Crippen LogP contribution is -2.24. The fourth-order valence-electron chi connectivity index (χ4n) is 2.33. The lowest BCUT2D eigenvalue weighted by Gasteiger charge is -2.21. The number of methoxy groups -OCH3 is 1. The minimum Gasteiger partial charge on any atom is -0.446 e. The number of carbonyl (C=O) groups excluding carboxylic acids is 2. The highest BCUT2D eigenvalue weighted by atomic mass is 16.6. The van der Waals surface area contributed by atoms with E-state index in [1.165, 1.54) is 6.42 Å². The third-order valence-corrected chi connectivity index (χ3v) is 3.34. The van der Waals surface area contributed by atoms with Gasteiger partial charge in [0.05, 0.1) is 12.8 Å². The molecule has 1 aromatic carbocycles. The van der Waals surface area contributed by atoms with Crippen LogP contribution in [-0.2, 0) is 20.9 Å². The number of nitrogens with one attached hydrogen (secondary N) is 1. The summed E-state index contributed by atoms with van der Waals surface area (Å²) in [6.07, 6.45) is 5.52. The van der Waals surface area contributed by atoms with Crippen LogP contribution in [-0.4, -0.2) is 33.3 Å². The van der Waals surface area contributed by atoms with Gasteiger partial charge in [0.2, 0.25) is 0 Å². The Hall–Kier alpha value is -1.82. The van der Waals surface area contributed by atoms with E-state index in [-0.39, 0.29) is 18.4 Å². The largest absolute Gasteiger partial charge is 0.446 e. The van der Waals surface area contributed by atoms with Crippen LogP contribution in [0, 0.1) is 0 Å². The molecule has 118 valence electrons. The topological polar surface area (TPSA) is 64.6 Å². The van der Waals surface area contributed by atoms with Crippen molar-refractivity contribution in [3.05, 3.63) is 29.8 Å². The van der Waals surface area contributed by atoms with Gasteiger partial charge in [0.15, 0.2) is 7.85 Å². The van der Waals surface area contributed by atoms with Gasteiger partial charge in [0.1, 0.15) is 6.10 Å². The van der Waals surface area contributed by atoms with Crippen LogP contribution in [0.15, 0.2) is 24.3 Å². The Morgan fingerprint density at radius 3 is 2.41 bits per heavy atom. The zero-order chi connectivity index (χ0) is 16.2. The fraction of sp³-hybridized carbons (Fsp3) is 0.500. The maximum Gasteiger partial charge on any atom is 0.411 e. The first kappa shape index (κ1) is 18.2. The minimum atomic E-state index is -0.355. The van der Waals surface area contributed by atoms with E-state index in [9.17, 15) is 4.79 Å². The SMILES string of the molecule is COCc1ccc(NC(=O)OC2CCCCC2)cc1.[B]C=O. The van der Waals surface area contributed by atoms with Gasteiger partial charge < -0.3 is 14.3 Å². The highest BCUT2D eigenvalue weighted by Crippen LogP contribution is 2.21. The Labute approximate surface area is 132 Å². The molecule has 6 heteroatoms. The summed E-state index contributed by atoms with van der Waals surface area (Å²) >= 11 is 0. The van der Waals surface area contributed by atoms with Crippen molar-refractivity contribution in [3.63, 3.8) is 0 Å². The first-order valence-electron chi connectivity index (χ1n) is 7.40. The predicted octanol–water partition coefficient (Wildman–Crippen LogP) is 3.06. The van der Waals surface area contributed by atoms with Crippen LogP contribution in [0.2, 0.25) is 0 Å². The summed E-state index contributed by atoms with van der Waals surface area (Å²) in [4.78, 5) is 20.3. The van der Waals surface area contributed by atoms with Gasteiger partial charge in [-0.25, -0.2) is 4.79 Å². The van der Waals surface area contributed by atoms with Gasteiger partial charge in [-0.05, 0) is 43.4 Å². The molecule has 0 aromatic heterocycles. The third kappa shape index (κ3) is 7.27. The summed E-state index contributed by atoms with van der Waals surface area (Å²) in [5, 5.41) is 2.76. The van der Waals surface area contributed by atoms with E-state index in [1.54, 1.807) is 7.11 Å². The molecule has 2 rings (SSSR count). The van der Waals surface area contributed by atoms with Crippen molar-refractivity contribution in [2.45, 2.75) is 44.8 Å². The summed E-state index contributed by atoms with van der Waals surface area (Å²) in [6, 6.07) is 7.58. The first-order valence-corrected chi connectivity index (χ1v) is 7.40. The van der Waals surface area contributed by atoms with Crippen LogP contribution in [0.1, 0.15) is 37.7 Å². The molecule has 0 saturated heterocycles. The lowest BCUT2D eigenvalue weighted by atomic mass is 9.98. The average molecular weight is 303 g/mol. The van der Waals surface area contributed by atoms with Gasteiger partial charge in [-0.15, -0.1) is 0 Å². The number of carbonyl (C=O) groups is 2. The molecule has 1 aromatic rings. The van der Waals surface area contributed by atoms with Crippen molar-refractivity contribution in [2.75, 3.05) is 12.4 Å². The van der Waals surface area contributed by atoms with Crippen molar-refractivity contribution < 1.29 is 19.1 Å². The van der Waals surface area contributed by atoms with Crippen molar-refractivity contribution in [3.8, 4) is 0 Å². The standard InChI is InChI=1S/C15H21NO3.CHBO/c1-18-11-12-7-9-13(10-8-12)16-15(17)19-14-5-3-2-4-6-14;2-1-3/h7-10,14H,2-6,11H2,1H3,(H,16,17);1H. The van der Waals surface area contributed by atoms with Crippen molar-refractivity contribution >= 4 is 25.8 Å². The molecular formula is C16H22BNO4. The summed E-state index contributed by atoms with van der Waals surface area (Å²) < 4.78 is 10.4. The van der Waals surface area contributed by atoms with E-state index in [0.29, 0.717) is 6.61 Å². The first-order chi connectivity index (χ1) is 10.7. The molecule has 0 atom stereocenters. The molecule has 0 unspecified atom stereocenters. The molecule has 0 heterocycles. The number of hydrogen-bond acceptors (Lipinski definition) is 4. The van der Waals surface area contributed by atoms with E-state index < -0.39 is 0 Å². The zero-order valence-corrected chi connectivity index (χ0v) is 12.9. The van der Waals surface area contributed by atoms with Gasteiger partial charge in [-0.1, -0.05) is 18.6 Å². The fourth-order valence-corrected chi connectivity index (χ4v) is 2.33. The summed E-state index contributed by atoms with van der Waals surface area (Å²) in [5.74, 6) is 0. The van der Waals surface area contributed by atoms with Crippen LogP contribution in [0.25, 0.3) is 0 Å². The highest BCUT2D eigenvalue weighted by molar-refractivity contribution is 6.48. The molecule has 22 heavy (non-hydrogen) atoms. The van der Waals surface area contributed by atoms with Crippen LogP contribution < -0.4 is 5.32 Å². The van der Waals surface area contributed by atoms with Crippen LogP contribution in [0.5, 0.6) is 0 Å². The molecule has 0 aliphatic heterocycles. The van der Waals surface area contributed by atoms with Crippen LogP contribution >= 0.6 is 0 Å². The normalized spacial score (nSPS) is 14.4. The Bertz CT molecular complexity index is 444. The second-order valence-electron chi connectivity index (χ2n) is 5.06. The highest BCUT2D eigenvalue weighted by Gasteiger charge is 2.17. The Morgan fingerprint density at radius 2 is 1.86 bits per heavy atom. The Kier molecular flexibility index (Phi) is 8.99. The molecule has 0 spiro atoms. The van der Waals surface area contributed by atoms with E-state index in [1.807, 2.05) is 24.3 Å². The summed E-state index contributed by atoms with van der Waals surface area (Å²) in [6.45, 7) is 0.576. The molecular weight excluding hydrogens is 281 g/mol. The molecule has 1 saturated carbocycles. The number of ether oxygens (including phenoxy) is 2. The van der Waals surface area contributed by atoms with Gasteiger partial charge >= 0.3 is 6.09 Å². The molecule has 5 nitrogen and oxygen atoms in total. The molecule has 1 amide bonds. The van der Waals surface area contributed by atoms with Crippen molar-refractivity contribution in [1.29, 1.82) is 0 Å². The maximum absolute atomic E-state index is 11.7. The van der Waals surface area contributed by atoms with Gasteiger partial charge in [-0.3, -0.25) is 5.32 Å². The average Bonchev–Trinajstić information content (AvgIpc) is 2.51. The number of anilines is 1. The zero-order valence-electron chi connectivity index (χ0n) is 12.9. The predicted molar refractivity (Wildman–Crippen MR) is 86.6 cm³/mol. The number of hydrogen-bond donors (Lipinski definition) is 1. The van der Waals surface area contributed by atoms with Gasteiger partial charge in [-0.2, -0.15) is 0 Å². The molecule has 1 aliphatic rings. The number of amides is 1. The Balaban J connectivity index is 0.000000745. The van der Waals surface area contributed by atoms with Crippen LogP contribution in [0.3, 0.4) is 0 Å². The van der Waals surface area contributed by atoms with Crippen LogP contribution in [0.4, 0.5) is 10.5 Å². The van der Waals surface area contributed by atoms with Crippen molar-refractivity contribution in [2.24, 2.45) is 0 Å². The lowest BCUT2D eigenvalue weighted by molar-refractivity contribution is 0.0865. The molecule has 2 radical (unpaired) electrons. The second kappa shape index (κ2) is 10.8. The maximum atomic E-state index is 11.7. The third-order valence-electron chi connectivity index (χ3n) is 3.34. The smallest absolute Gasteiger partial charge is 0.411 e. The number of rotatable bonds is 4. The quantitative estimate of drug-likeness (QED) is 0.686. The molecule has 1 fully saturated rings. The summed E-state index contributed by atoms with van der Waals surface area (Å²) in [7, 11) is 5.83. The molecule has 1 aliphatic carbocycles. The summed E-state index contributed by atoms with van der Waals surface area (Å²) in [5.41, 5.74) is 1.83. The van der Waals surface area contributed by atoms with Gasteiger partial charge in [0.25, 0.3) is 0 Å². The Morgan fingerprint density at radius 1 is 1.27 bits per heavy atom. The van der Waals surface area contributed by atoms with E-state index in [2.05, 4.69) is 13.2 Å².